The van der Waals surface area contributed by atoms with Crippen LogP contribution in [0.3, 0.4) is 0 Å². The molecule has 2 aliphatic rings. The molecule has 1 aliphatic heterocycles. The molecule has 27 heavy (non-hydrogen) atoms. The summed E-state index contributed by atoms with van der Waals surface area (Å²) in [5, 5.41) is 13.2. The third-order valence-corrected chi connectivity index (χ3v) is 4.65. The Morgan fingerprint density at radius 1 is 1.26 bits per heavy atom. The SMILES string of the molecule is CC1CC(=O)NC(n2nc(C3CC3)cc2NC(=O)c2ccc(F)c(F)c2)N1. The maximum absolute atomic E-state index is 13.4. The summed E-state index contributed by atoms with van der Waals surface area (Å²) in [4.78, 5) is 24.4. The summed E-state index contributed by atoms with van der Waals surface area (Å²) in [5.74, 6) is -2.11. The number of hydrogen-bond donors (Lipinski definition) is 3. The third kappa shape index (κ3) is 3.68. The number of amides is 2. The van der Waals surface area contributed by atoms with Gasteiger partial charge in [0.25, 0.3) is 5.91 Å². The molecule has 2 unspecified atom stereocenters. The Balaban J connectivity index is 1.62. The minimum atomic E-state index is -1.09. The van der Waals surface area contributed by atoms with Crippen LogP contribution in [0, 0.1) is 11.6 Å². The van der Waals surface area contributed by atoms with E-state index in [0.29, 0.717) is 18.2 Å². The number of carbonyl (C=O) groups excluding carboxylic acids is 2. The summed E-state index contributed by atoms with van der Waals surface area (Å²) in [6.45, 7) is 1.89. The van der Waals surface area contributed by atoms with E-state index in [2.05, 4.69) is 21.0 Å². The molecule has 9 heteroatoms. The minimum absolute atomic E-state index is 0.0105. The van der Waals surface area contributed by atoms with Crippen molar-refractivity contribution >= 4 is 17.6 Å². The van der Waals surface area contributed by atoms with Crippen molar-refractivity contribution in [3.8, 4) is 0 Å². The molecule has 2 aromatic rings. The van der Waals surface area contributed by atoms with Crippen LogP contribution in [0.25, 0.3) is 0 Å². The Labute approximate surface area is 154 Å². The van der Waals surface area contributed by atoms with Gasteiger partial charge in [-0.25, -0.2) is 13.5 Å². The van der Waals surface area contributed by atoms with Gasteiger partial charge in [0, 0.05) is 30.0 Å². The van der Waals surface area contributed by atoms with Crippen LogP contribution in [0.1, 0.15) is 54.4 Å². The molecule has 1 aromatic heterocycles. The molecule has 0 spiro atoms. The maximum Gasteiger partial charge on any atom is 0.256 e. The second-order valence-electron chi connectivity index (χ2n) is 7.00. The first-order valence-electron chi connectivity index (χ1n) is 8.82. The van der Waals surface area contributed by atoms with Crippen molar-refractivity contribution in [2.45, 2.75) is 44.4 Å². The number of nitrogens with zero attached hydrogens (tertiary/aromatic N) is 2. The Kier molecular flexibility index (Phi) is 4.39. The van der Waals surface area contributed by atoms with Crippen LogP contribution >= 0.6 is 0 Å². The molecule has 2 atom stereocenters. The van der Waals surface area contributed by atoms with Crippen molar-refractivity contribution in [1.29, 1.82) is 0 Å². The second kappa shape index (κ2) is 6.73. The van der Waals surface area contributed by atoms with Crippen LogP contribution in [0.4, 0.5) is 14.6 Å². The zero-order valence-electron chi connectivity index (χ0n) is 14.6. The summed E-state index contributed by atoms with van der Waals surface area (Å²) in [5.41, 5.74) is 0.813. The molecule has 1 saturated heterocycles. The molecule has 2 heterocycles. The van der Waals surface area contributed by atoms with Crippen LogP contribution in [0.2, 0.25) is 0 Å². The fourth-order valence-corrected chi connectivity index (χ4v) is 3.10. The Morgan fingerprint density at radius 2 is 2.04 bits per heavy atom. The molecule has 142 valence electrons. The molecule has 2 fully saturated rings. The first-order chi connectivity index (χ1) is 12.9. The van der Waals surface area contributed by atoms with Crippen LogP contribution in [-0.2, 0) is 4.79 Å². The van der Waals surface area contributed by atoms with Crippen molar-refractivity contribution in [3.05, 3.63) is 47.2 Å². The Morgan fingerprint density at radius 3 is 2.70 bits per heavy atom. The average Bonchev–Trinajstić information content (AvgIpc) is 3.37. The van der Waals surface area contributed by atoms with E-state index in [1.54, 1.807) is 6.07 Å². The number of anilines is 1. The topological polar surface area (TPSA) is 88.1 Å². The number of hydrogen-bond acceptors (Lipinski definition) is 4. The van der Waals surface area contributed by atoms with Crippen molar-refractivity contribution in [2.75, 3.05) is 5.32 Å². The van der Waals surface area contributed by atoms with E-state index in [1.807, 2.05) is 6.92 Å². The van der Waals surface area contributed by atoms with Gasteiger partial charge in [0.1, 0.15) is 5.82 Å². The second-order valence-corrected chi connectivity index (χ2v) is 7.00. The van der Waals surface area contributed by atoms with Crippen LogP contribution in [0.15, 0.2) is 24.3 Å². The average molecular weight is 375 g/mol. The van der Waals surface area contributed by atoms with Gasteiger partial charge < -0.3 is 10.6 Å². The molecule has 1 aliphatic carbocycles. The lowest BCUT2D eigenvalue weighted by molar-refractivity contribution is -0.125. The van der Waals surface area contributed by atoms with E-state index in [4.69, 9.17) is 0 Å². The lowest BCUT2D eigenvalue weighted by atomic mass is 10.2. The molecular weight excluding hydrogens is 356 g/mol. The van der Waals surface area contributed by atoms with Crippen LogP contribution < -0.4 is 16.0 Å². The number of aromatic nitrogens is 2. The zero-order chi connectivity index (χ0) is 19.1. The van der Waals surface area contributed by atoms with Gasteiger partial charge in [-0.15, -0.1) is 0 Å². The maximum atomic E-state index is 13.4. The first kappa shape index (κ1) is 17.6. The van der Waals surface area contributed by atoms with E-state index in [0.717, 1.165) is 30.7 Å². The highest BCUT2D eigenvalue weighted by Gasteiger charge is 2.31. The zero-order valence-corrected chi connectivity index (χ0v) is 14.6. The van der Waals surface area contributed by atoms with E-state index < -0.39 is 23.8 Å². The molecule has 7 nitrogen and oxygen atoms in total. The van der Waals surface area contributed by atoms with Crippen molar-refractivity contribution in [1.82, 2.24) is 20.4 Å². The lowest BCUT2D eigenvalue weighted by Gasteiger charge is -2.30. The van der Waals surface area contributed by atoms with Gasteiger partial charge in [0.15, 0.2) is 17.9 Å². The highest BCUT2D eigenvalue weighted by atomic mass is 19.2. The normalized spacial score (nSPS) is 22.4. The summed E-state index contributed by atoms with van der Waals surface area (Å²) < 4.78 is 28.0. The summed E-state index contributed by atoms with van der Waals surface area (Å²) in [6, 6.07) is 4.66. The summed E-state index contributed by atoms with van der Waals surface area (Å²) >= 11 is 0. The van der Waals surface area contributed by atoms with E-state index in [1.165, 1.54) is 10.7 Å². The summed E-state index contributed by atoms with van der Waals surface area (Å²) in [6.07, 6.45) is 1.79. The van der Waals surface area contributed by atoms with E-state index in [9.17, 15) is 18.4 Å². The highest BCUT2D eigenvalue weighted by Crippen LogP contribution is 2.40. The Bertz CT molecular complexity index is 909. The number of nitrogens with one attached hydrogen (secondary N) is 3. The smallest absolute Gasteiger partial charge is 0.256 e. The van der Waals surface area contributed by atoms with Gasteiger partial charge in [-0.3, -0.25) is 14.9 Å². The van der Waals surface area contributed by atoms with Gasteiger partial charge in [0.2, 0.25) is 5.91 Å². The van der Waals surface area contributed by atoms with Gasteiger partial charge in [-0.1, -0.05) is 0 Å². The third-order valence-electron chi connectivity index (χ3n) is 4.65. The minimum Gasteiger partial charge on any atom is -0.322 e. The van der Waals surface area contributed by atoms with Crippen molar-refractivity contribution in [2.24, 2.45) is 0 Å². The fraction of sp³-hybridized carbons (Fsp3) is 0.389. The molecule has 3 N–H and O–H groups in total. The monoisotopic (exact) mass is 375 g/mol. The van der Waals surface area contributed by atoms with Gasteiger partial charge in [-0.2, -0.15) is 5.10 Å². The predicted molar refractivity (Wildman–Crippen MR) is 92.9 cm³/mol. The molecule has 1 saturated carbocycles. The predicted octanol–water partition coefficient (Wildman–Crippen LogP) is 2.25. The van der Waals surface area contributed by atoms with Crippen molar-refractivity contribution < 1.29 is 18.4 Å². The van der Waals surface area contributed by atoms with E-state index >= 15 is 0 Å². The molecule has 0 bridgehead atoms. The lowest BCUT2D eigenvalue weighted by Crippen LogP contribution is -2.52. The quantitative estimate of drug-likeness (QED) is 0.765. The standard InChI is InChI=1S/C18H19F2N5O2/c1-9-6-16(26)23-18(21-9)25-15(8-14(24-25)10-2-3-10)22-17(27)11-4-5-12(19)13(20)7-11/h4-5,7-10,18,21H,2-3,6H2,1H3,(H,22,27)(H,23,26). The molecular formula is C18H19F2N5O2. The number of benzene rings is 1. The van der Waals surface area contributed by atoms with Gasteiger partial charge in [-0.05, 0) is 38.0 Å². The Hall–Kier alpha value is -2.81. The first-order valence-corrected chi connectivity index (χ1v) is 8.82. The van der Waals surface area contributed by atoms with Gasteiger partial charge in [0.05, 0.1) is 5.69 Å². The van der Waals surface area contributed by atoms with Gasteiger partial charge >= 0.3 is 0 Å². The highest BCUT2D eigenvalue weighted by molar-refractivity contribution is 6.03. The summed E-state index contributed by atoms with van der Waals surface area (Å²) in [7, 11) is 0. The fourth-order valence-electron chi connectivity index (χ4n) is 3.10. The number of rotatable bonds is 4. The molecule has 4 rings (SSSR count). The van der Waals surface area contributed by atoms with E-state index in [-0.39, 0.29) is 17.5 Å². The number of halogens is 2. The van der Waals surface area contributed by atoms with Crippen LogP contribution in [-0.4, -0.2) is 27.6 Å². The number of carbonyl (C=O) groups is 2. The molecule has 2 amide bonds. The van der Waals surface area contributed by atoms with Crippen LogP contribution in [0.5, 0.6) is 0 Å². The largest absolute Gasteiger partial charge is 0.322 e. The molecule has 0 radical (unpaired) electrons. The molecule has 1 aromatic carbocycles. The van der Waals surface area contributed by atoms with Crippen molar-refractivity contribution in [3.63, 3.8) is 0 Å².